The highest BCUT2D eigenvalue weighted by molar-refractivity contribution is 5.87. The molecule has 1 rings (SSSR count). The van der Waals surface area contributed by atoms with Crippen molar-refractivity contribution >= 4 is 11.8 Å². The van der Waals surface area contributed by atoms with Crippen molar-refractivity contribution in [1.82, 2.24) is 10.2 Å². The van der Waals surface area contributed by atoms with Crippen LogP contribution in [0.1, 0.15) is 47.0 Å². The van der Waals surface area contributed by atoms with Crippen molar-refractivity contribution in [3.05, 3.63) is 0 Å². The van der Waals surface area contributed by atoms with Crippen LogP contribution in [0.3, 0.4) is 0 Å². The van der Waals surface area contributed by atoms with E-state index in [1.54, 1.807) is 0 Å². The zero-order valence-electron chi connectivity index (χ0n) is 12.5. The second-order valence-electron chi connectivity index (χ2n) is 5.97. The average molecular weight is 269 g/mol. The first-order chi connectivity index (χ1) is 8.84. The quantitative estimate of drug-likeness (QED) is 0.751. The van der Waals surface area contributed by atoms with Gasteiger partial charge < -0.3 is 16.0 Å². The third kappa shape index (κ3) is 4.20. The Labute approximate surface area is 115 Å². The van der Waals surface area contributed by atoms with Crippen LogP contribution >= 0.6 is 0 Å². The van der Waals surface area contributed by atoms with Gasteiger partial charge in [-0.25, -0.2) is 0 Å². The van der Waals surface area contributed by atoms with Crippen LogP contribution in [0.25, 0.3) is 0 Å². The summed E-state index contributed by atoms with van der Waals surface area (Å²) in [6.45, 7) is 7.85. The Hall–Kier alpha value is -1.10. The van der Waals surface area contributed by atoms with Crippen LogP contribution in [0.5, 0.6) is 0 Å². The number of hydrogen-bond acceptors (Lipinski definition) is 3. The molecule has 0 unspecified atom stereocenters. The number of carbonyl (C=O) groups excluding carboxylic acids is 2. The van der Waals surface area contributed by atoms with Crippen LogP contribution in [0.4, 0.5) is 0 Å². The number of nitrogens with one attached hydrogen (secondary N) is 1. The number of nitrogens with zero attached hydrogens (tertiary/aromatic N) is 1. The fourth-order valence-electron chi connectivity index (χ4n) is 2.25. The zero-order chi connectivity index (χ0) is 14.6. The van der Waals surface area contributed by atoms with Crippen molar-refractivity contribution in [1.29, 1.82) is 0 Å². The first-order valence-electron chi connectivity index (χ1n) is 7.19. The lowest BCUT2D eigenvalue weighted by Crippen LogP contribution is -2.53. The van der Waals surface area contributed by atoms with Gasteiger partial charge in [0.05, 0.1) is 12.6 Å². The third-order valence-corrected chi connectivity index (χ3v) is 3.75. The van der Waals surface area contributed by atoms with Crippen molar-refractivity contribution in [2.75, 3.05) is 6.54 Å². The van der Waals surface area contributed by atoms with Crippen LogP contribution in [0.15, 0.2) is 0 Å². The molecule has 1 aliphatic carbocycles. The fraction of sp³-hybridized carbons (Fsp3) is 0.857. The molecule has 0 radical (unpaired) electrons. The Morgan fingerprint density at radius 2 is 1.84 bits per heavy atom. The van der Waals surface area contributed by atoms with Gasteiger partial charge in [-0.15, -0.1) is 0 Å². The molecule has 1 atom stereocenters. The van der Waals surface area contributed by atoms with Gasteiger partial charge in [0.2, 0.25) is 11.8 Å². The van der Waals surface area contributed by atoms with Gasteiger partial charge in [-0.05, 0) is 39.0 Å². The summed E-state index contributed by atoms with van der Waals surface area (Å²) in [5, 5.41) is 2.65. The van der Waals surface area contributed by atoms with Gasteiger partial charge >= 0.3 is 0 Å². The minimum Gasteiger partial charge on any atom is -0.346 e. The second kappa shape index (κ2) is 6.89. The summed E-state index contributed by atoms with van der Waals surface area (Å²) in [7, 11) is 0. The van der Waals surface area contributed by atoms with E-state index in [0.29, 0.717) is 6.04 Å². The molecule has 3 N–H and O–H groups in total. The van der Waals surface area contributed by atoms with Crippen molar-refractivity contribution in [3.8, 4) is 0 Å². The van der Waals surface area contributed by atoms with Gasteiger partial charge in [0, 0.05) is 12.1 Å². The molecule has 19 heavy (non-hydrogen) atoms. The minimum absolute atomic E-state index is 0.0102. The molecule has 0 heterocycles. The molecule has 0 bridgehead atoms. The number of amides is 2. The van der Waals surface area contributed by atoms with Gasteiger partial charge in [0.25, 0.3) is 0 Å². The number of rotatable bonds is 6. The monoisotopic (exact) mass is 269 g/mol. The first kappa shape index (κ1) is 16.0. The van der Waals surface area contributed by atoms with E-state index >= 15 is 0 Å². The highest BCUT2D eigenvalue weighted by Crippen LogP contribution is 2.26. The third-order valence-electron chi connectivity index (χ3n) is 3.75. The summed E-state index contributed by atoms with van der Waals surface area (Å²) < 4.78 is 0. The molecule has 0 aromatic heterocycles. The molecule has 0 spiro atoms. The van der Waals surface area contributed by atoms with Gasteiger partial charge in [0.1, 0.15) is 0 Å². The largest absolute Gasteiger partial charge is 0.346 e. The average Bonchev–Trinajstić information content (AvgIpc) is 2.28. The molecule has 2 amide bonds. The van der Waals surface area contributed by atoms with Gasteiger partial charge in [-0.1, -0.05) is 13.8 Å². The van der Waals surface area contributed by atoms with Crippen molar-refractivity contribution in [2.45, 2.75) is 65.1 Å². The van der Waals surface area contributed by atoms with Crippen molar-refractivity contribution in [3.63, 3.8) is 0 Å². The molecule has 1 saturated carbocycles. The van der Waals surface area contributed by atoms with Crippen molar-refractivity contribution < 1.29 is 9.59 Å². The predicted octanol–water partition coefficient (Wildman–Crippen LogP) is 0.875. The Bertz CT molecular complexity index is 325. The SMILES string of the molecule is CC(C)[C@H](N)C(=O)NCC(=O)N(C(C)C)C1CCC1. The highest BCUT2D eigenvalue weighted by atomic mass is 16.2. The standard InChI is InChI=1S/C14H27N3O2/c1-9(2)13(15)14(19)16-8-12(18)17(10(3)4)11-6-5-7-11/h9-11,13H,5-8,15H2,1-4H3,(H,16,19)/t13-/m0/s1. The maximum absolute atomic E-state index is 12.2. The van der Waals surface area contributed by atoms with E-state index in [9.17, 15) is 9.59 Å². The van der Waals surface area contributed by atoms with E-state index in [2.05, 4.69) is 5.32 Å². The van der Waals surface area contributed by atoms with Crippen LogP contribution in [0.2, 0.25) is 0 Å². The summed E-state index contributed by atoms with van der Waals surface area (Å²) in [6.07, 6.45) is 3.33. The predicted molar refractivity (Wildman–Crippen MR) is 75.4 cm³/mol. The molecule has 0 saturated heterocycles. The van der Waals surface area contributed by atoms with Crippen LogP contribution in [0, 0.1) is 5.92 Å². The number of nitrogens with two attached hydrogens (primary N) is 1. The smallest absolute Gasteiger partial charge is 0.242 e. The van der Waals surface area contributed by atoms with Gasteiger partial charge in [-0.3, -0.25) is 9.59 Å². The minimum atomic E-state index is -0.552. The Kier molecular flexibility index (Phi) is 5.79. The lowest BCUT2D eigenvalue weighted by Gasteiger charge is -2.40. The second-order valence-corrected chi connectivity index (χ2v) is 5.97. The molecule has 0 aromatic carbocycles. The Morgan fingerprint density at radius 3 is 2.21 bits per heavy atom. The van der Waals surface area contributed by atoms with Gasteiger partial charge in [0.15, 0.2) is 0 Å². The summed E-state index contributed by atoms with van der Waals surface area (Å²) in [6, 6.07) is -0.0272. The molecular weight excluding hydrogens is 242 g/mol. The molecule has 110 valence electrons. The maximum atomic E-state index is 12.2. The molecule has 5 heteroatoms. The van der Waals surface area contributed by atoms with Gasteiger partial charge in [-0.2, -0.15) is 0 Å². The van der Waals surface area contributed by atoms with Crippen LogP contribution in [-0.4, -0.2) is 41.4 Å². The number of hydrogen-bond donors (Lipinski definition) is 2. The number of carbonyl (C=O) groups is 2. The molecular formula is C14H27N3O2. The lowest BCUT2D eigenvalue weighted by molar-refractivity contribution is -0.138. The summed E-state index contributed by atoms with van der Waals surface area (Å²) in [5.74, 6) is -0.187. The van der Waals surface area contributed by atoms with E-state index in [0.717, 1.165) is 12.8 Å². The van der Waals surface area contributed by atoms with E-state index in [1.165, 1.54) is 6.42 Å². The summed E-state index contributed by atoms with van der Waals surface area (Å²) >= 11 is 0. The van der Waals surface area contributed by atoms with Crippen LogP contribution in [-0.2, 0) is 9.59 Å². The van der Waals surface area contributed by atoms with E-state index in [4.69, 9.17) is 5.73 Å². The van der Waals surface area contributed by atoms with E-state index < -0.39 is 6.04 Å². The van der Waals surface area contributed by atoms with E-state index in [-0.39, 0.29) is 30.3 Å². The fourth-order valence-corrected chi connectivity index (χ4v) is 2.25. The molecule has 1 fully saturated rings. The molecule has 5 nitrogen and oxygen atoms in total. The normalized spacial score (nSPS) is 17.2. The zero-order valence-corrected chi connectivity index (χ0v) is 12.5. The first-order valence-corrected chi connectivity index (χ1v) is 7.19. The van der Waals surface area contributed by atoms with Crippen molar-refractivity contribution in [2.24, 2.45) is 11.7 Å². The highest BCUT2D eigenvalue weighted by Gasteiger charge is 2.30. The molecule has 0 aliphatic heterocycles. The lowest BCUT2D eigenvalue weighted by atomic mass is 9.90. The Balaban J connectivity index is 2.46. The van der Waals surface area contributed by atoms with Crippen LogP contribution < -0.4 is 11.1 Å². The summed E-state index contributed by atoms with van der Waals surface area (Å²) in [4.78, 5) is 25.8. The maximum Gasteiger partial charge on any atom is 0.242 e. The Morgan fingerprint density at radius 1 is 1.26 bits per heavy atom. The topological polar surface area (TPSA) is 75.4 Å². The van der Waals surface area contributed by atoms with E-state index in [1.807, 2.05) is 32.6 Å². The molecule has 0 aromatic rings. The summed E-state index contributed by atoms with van der Waals surface area (Å²) in [5.41, 5.74) is 5.74. The molecule has 1 aliphatic rings.